The van der Waals surface area contributed by atoms with E-state index >= 15 is 0 Å². The largest absolute Gasteiger partial charge is 0.355 e. The van der Waals surface area contributed by atoms with Crippen LogP contribution in [0.15, 0.2) is 58.5 Å². The number of carbonyl (C=O) groups excluding carboxylic acids is 1. The second kappa shape index (κ2) is 9.39. The van der Waals surface area contributed by atoms with E-state index in [1.54, 1.807) is 4.57 Å². The molecule has 1 aliphatic rings. The molecule has 33 heavy (non-hydrogen) atoms. The Balaban J connectivity index is 1.46. The Hall–Kier alpha value is -3.13. The highest BCUT2D eigenvalue weighted by Crippen LogP contribution is 2.24. The molecule has 0 atom stereocenters. The van der Waals surface area contributed by atoms with Gasteiger partial charge in [-0.1, -0.05) is 60.9 Å². The van der Waals surface area contributed by atoms with Gasteiger partial charge in [-0.15, -0.1) is 10.2 Å². The molecule has 0 unspecified atom stereocenters. The van der Waals surface area contributed by atoms with Gasteiger partial charge in [0.05, 0.1) is 22.3 Å². The minimum Gasteiger partial charge on any atom is -0.355 e. The van der Waals surface area contributed by atoms with Crippen molar-refractivity contribution in [2.75, 3.05) is 12.3 Å². The summed E-state index contributed by atoms with van der Waals surface area (Å²) in [5.41, 5.74) is 2.43. The number of hydrogen-bond acceptors (Lipinski definition) is 5. The summed E-state index contributed by atoms with van der Waals surface area (Å²) in [5.74, 6) is 1.28. The molecule has 7 nitrogen and oxygen atoms in total. The Morgan fingerprint density at radius 2 is 1.82 bits per heavy atom. The molecular formula is C25H27N5O2S. The maximum Gasteiger partial charge on any atom is 0.267 e. The standard InChI is InChI=1S/C25H27N5O2S/c1-17-11-13-19(14-12-17)29-23(32)20-9-5-6-10-21(20)30-24(29)27-28-25(30)33-16-22(31)26-15-18-7-3-2-4-8-18/h5-6,9-14,18H,2-4,7-8,15-16H2,1H3,(H,26,31). The number of aryl methyl sites for hydroxylation is 1. The summed E-state index contributed by atoms with van der Waals surface area (Å²) in [5, 5.41) is 12.9. The first-order chi connectivity index (χ1) is 16.1. The molecule has 0 spiro atoms. The van der Waals surface area contributed by atoms with E-state index in [1.807, 2.05) is 59.9 Å². The van der Waals surface area contributed by atoms with E-state index in [0.29, 0.717) is 22.2 Å². The monoisotopic (exact) mass is 461 g/mol. The third-order valence-corrected chi connectivity index (χ3v) is 7.26. The summed E-state index contributed by atoms with van der Waals surface area (Å²) in [7, 11) is 0. The molecule has 0 aliphatic heterocycles. The number of thioether (sulfide) groups is 1. The van der Waals surface area contributed by atoms with Crippen molar-refractivity contribution in [3.8, 4) is 5.69 Å². The fourth-order valence-electron chi connectivity index (χ4n) is 4.53. The first-order valence-corrected chi connectivity index (χ1v) is 12.5. The van der Waals surface area contributed by atoms with Crippen molar-refractivity contribution in [1.29, 1.82) is 0 Å². The molecule has 1 fully saturated rings. The van der Waals surface area contributed by atoms with Gasteiger partial charge < -0.3 is 5.32 Å². The molecule has 2 aromatic heterocycles. The molecule has 4 aromatic rings. The number of nitrogens with one attached hydrogen (secondary N) is 1. The van der Waals surface area contributed by atoms with Crippen LogP contribution in [0.3, 0.4) is 0 Å². The van der Waals surface area contributed by atoms with Crippen molar-refractivity contribution in [1.82, 2.24) is 24.5 Å². The Bertz CT molecular complexity index is 1350. The lowest BCUT2D eigenvalue weighted by atomic mass is 9.89. The average molecular weight is 462 g/mol. The van der Waals surface area contributed by atoms with Crippen LogP contribution in [-0.2, 0) is 4.79 Å². The molecule has 0 radical (unpaired) electrons. The van der Waals surface area contributed by atoms with Gasteiger partial charge in [-0.3, -0.25) is 14.0 Å². The van der Waals surface area contributed by atoms with Crippen molar-refractivity contribution in [3.63, 3.8) is 0 Å². The third-order valence-electron chi connectivity index (χ3n) is 6.33. The first kappa shape index (κ1) is 21.7. The molecule has 0 saturated heterocycles. The summed E-state index contributed by atoms with van der Waals surface area (Å²) in [4.78, 5) is 25.9. The van der Waals surface area contributed by atoms with E-state index in [2.05, 4.69) is 15.5 Å². The van der Waals surface area contributed by atoms with E-state index in [4.69, 9.17) is 0 Å². The van der Waals surface area contributed by atoms with Gasteiger partial charge in [-0.05, 0) is 49.9 Å². The van der Waals surface area contributed by atoms with Gasteiger partial charge in [0, 0.05) is 6.54 Å². The van der Waals surface area contributed by atoms with Crippen LogP contribution in [0.5, 0.6) is 0 Å². The Morgan fingerprint density at radius 1 is 1.06 bits per heavy atom. The van der Waals surface area contributed by atoms with Crippen molar-refractivity contribution < 1.29 is 4.79 Å². The highest BCUT2D eigenvalue weighted by molar-refractivity contribution is 7.99. The zero-order valence-corrected chi connectivity index (χ0v) is 19.5. The fraction of sp³-hybridized carbons (Fsp3) is 0.360. The lowest BCUT2D eigenvalue weighted by Gasteiger charge is -2.21. The highest BCUT2D eigenvalue weighted by Gasteiger charge is 2.19. The summed E-state index contributed by atoms with van der Waals surface area (Å²) in [6.07, 6.45) is 6.23. The number of fused-ring (bicyclic) bond motifs is 3. The van der Waals surface area contributed by atoms with Crippen LogP contribution in [-0.4, -0.2) is 37.4 Å². The van der Waals surface area contributed by atoms with Gasteiger partial charge in [0.1, 0.15) is 0 Å². The average Bonchev–Trinajstić information content (AvgIpc) is 3.27. The molecule has 1 N–H and O–H groups in total. The van der Waals surface area contributed by atoms with Crippen LogP contribution in [0.1, 0.15) is 37.7 Å². The van der Waals surface area contributed by atoms with E-state index < -0.39 is 0 Å². The van der Waals surface area contributed by atoms with Crippen molar-refractivity contribution in [3.05, 3.63) is 64.4 Å². The Morgan fingerprint density at radius 3 is 2.61 bits per heavy atom. The van der Waals surface area contributed by atoms with Gasteiger partial charge in [-0.25, -0.2) is 4.57 Å². The number of rotatable bonds is 6. The minimum atomic E-state index is -0.142. The number of hydrogen-bond donors (Lipinski definition) is 1. The molecule has 1 aliphatic carbocycles. The summed E-state index contributed by atoms with van der Waals surface area (Å²) < 4.78 is 3.46. The molecule has 1 amide bonds. The number of benzene rings is 2. The number of amides is 1. The van der Waals surface area contributed by atoms with Crippen molar-refractivity contribution in [2.24, 2.45) is 5.92 Å². The SMILES string of the molecule is Cc1ccc(-n2c(=O)c3ccccc3n3c(SCC(=O)NCC4CCCCC4)nnc23)cc1. The quantitative estimate of drug-likeness (QED) is 0.437. The lowest BCUT2D eigenvalue weighted by Crippen LogP contribution is -2.31. The van der Waals surface area contributed by atoms with Crippen molar-refractivity contribution >= 4 is 34.3 Å². The predicted molar refractivity (Wildman–Crippen MR) is 131 cm³/mol. The topological polar surface area (TPSA) is 81.3 Å². The van der Waals surface area contributed by atoms with Crippen LogP contribution in [0.2, 0.25) is 0 Å². The maximum absolute atomic E-state index is 13.3. The molecule has 2 aromatic carbocycles. The van der Waals surface area contributed by atoms with Crippen LogP contribution < -0.4 is 10.9 Å². The number of nitrogens with zero attached hydrogens (tertiary/aromatic N) is 4. The van der Waals surface area contributed by atoms with Gasteiger partial charge in [0.15, 0.2) is 5.16 Å². The normalized spacial score (nSPS) is 14.7. The molecular weight excluding hydrogens is 434 g/mol. The van der Waals surface area contributed by atoms with Crippen molar-refractivity contribution in [2.45, 2.75) is 44.2 Å². The maximum atomic E-state index is 13.3. The minimum absolute atomic E-state index is 0.00140. The van der Waals surface area contributed by atoms with Crippen LogP contribution in [0, 0.1) is 12.8 Å². The number of para-hydroxylation sites is 1. The van der Waals surface area contributed by atoms with Crippen LogP contribution >= 0.6 is 11.8 Å². The van der Waals surface area contributed by atoms with Gasteiger partial charge in [0.25, 0.3) is 5.56 Å². The molecule has 5 rings (SSSR count). The van der Waals surface area contributed by atoms with E-state index in [-0.39, 0.29) is 17.2 Å². The molecule has 1 saturated carbocycles. The Kier molecular flexibility index (Phi) is 6.17. The second-order valence-corrected chi connectivity index (χ2v) is 9.65. The van der Waals surface area contributed by atoms with Crippen LogP contribution in [0.4, 0.5) is 0 Å². The zero-order chi connectivity index (χ0) is 22.8. The zero-order valence-electron chi connectivity index (χ0n) is 18.7. The smallest absolute Gasteiger partial charge is 0.267 e. The van der Waals surface area contributed by atoms with Gasteiger partial charge >= 0.3 is 0 Å². The third kappa shape index (κ3) is 4.39. The second-order valence-electron chi connectivity index (χ2n) is 8.71. The summed E-state index contributed by atoms with van der Waals surface area (Å²) >= 11 is 1.34. The molecule has 170 valence electrons. The Labute approximate surface area is 196 Å². The van der Waals surface area contributed by atoms with Crippen LogP contribution in [0.25, 0.3) is 22.4 Å². The summed E-state index contributed by atoms with van der Waals surface area (Å²) in [6.45, 7) is 2.75. The number of carbonyl (C=O) groups is 1. The summed E-state index contributed by atoms with van der Waals surface area (Å²) in [6, 6.07) is 15.2. The highest BCUT2D eigenvalue weighted by atomic mass is 32.2. The van der Waals surface area contributed by atoms with E-state index in [0.717, 1.165) is 23.3 Å². The van der Waals surface area contributed by atoms with Gasteiger partial charge in [-0.2, -0.15) is 0 Å². The molecule has 2 heterocycles. The van der Waals surface area contributed by atoms with E-state index in [1.165, 1.54) is 43.9 Å². The molecule has 0 bridgehead atoms. The number of aromatic nitrogens is 4. The van der Waals surface area contributed by atoms with Gasteiger partial charge in [0.2, 0.25) is 11.7 Å². The first-order valence-electron chi connectivity index (χ1n) is 11.5. The predicted octanol–water partition coefficient (Wildman–Crippen LogP) is 4.13. The lowest BCUT2D eigenvalue weighted by molar-refractivity contribution is -0.118. The van der Waals surface area contributed by atoms with E-state index in [9.17, 15) is 9.59 Å². The molecule has 8 heteroatoms. The fourth-order valence-corrected chi connectivity index (χ4v) is 5.30.